The fraction of sp³-hybridized carbons (Fsp3) is 0.619. The van der Waals surface area contributed by atoms with Crippen molar-refractivity contribution in [2.75, 3.05) is 32.1 Å². The molecule has 1 aliphatic heterocycles. The average Bonchev–Trinajstić information content (AvgIpc) is 2.87. The smallest absolute Gasteiger partial charge is 0.407 e. The zero-order chi connectivity index (χ0) is 21.4. The van der Waals surface area contributed by atoms with Gasteiger partial charge in [-0.3, -0.25) is 4.99 Å². The lowest BCUT2D eigenvalue weighted by Crippen LogP contribution is -2.49. The van der Waals surface area contributed by atoms with E-state index in [2.05, 4.69) is 20.9 Å². The lowest BCUT2D eigenvalue weighted by Gasteiger charge is -2.26. The standard InChI is InChI=1S/C21H34N4O4/c1-14(2)16(25-20(26)29-21(3,4)5)13-23-19(22-6)24-15-8-9-17-18(12-15)28-11-7-10-27-17/h8-9,12,14,16H,7,10-11,13H2,1-6H3,(H,25,26)(H2,22,23,24). The van der Waals surface area contributed by atoms with Gasteiger partial charge in [0.15, 0.2) is 17.5 Å². The van der Waals surface area contributed by atoms with Gasteiger partial charge in [-0.25, -0.2) is 4.79 Å². The van der Waals surface area contributed by atoms with Gasteiger partial charge in [0, 0.05) is 31.8 Å². The predicted molar refractivity (Wildman–Crippen MR) is 115 cm³/mol. The summed E-state index contributed by atoms with van der Waals surface area (Å²) in [6, 6.07) is 5.58. The monoisotopic (exact) mass is 406 g/mol. The average molecular weight is 407 g/mol. The summed E-state index contributed by atoms with van der Waals surface area (Å²) in [5.41, 5.74) is 0.303. The summed E-state index contributed by atoms with van der Waals surface area (Å²) < 4.78 is 16.8. The lowest BCUT2D eigenvalue weighted by molar-refractivity contribution is 0.0491. The highest BCUT2D eigenvalue weighted by molar-refractivity contribution is 5.93. The van der Waals surface area contributed by atoms with Crippen LogP contribution in [0.25, 0.3) is 0 Å². The third kappa shape index (κ3) is 7.71. The topological polar surface area (TPSA) is 93.2 Å². The van der Waals surface area contributed by atoms with Gasteiger partial charge >= 0.3 is 6.09 Å². The number of carbonyl (C=O) groups excluding carboxylic acids is 1. The third-order valence-electron chi connectivity index (χ3n) is 4.23. The Bertz CT molecular complexity index is 713. The Balaban J connectivity index is 1.94. The second-order valence-electron chi connectivity index (χ2n) is 8.29. The Morgan fingerprint density at radius 2 is 1.90 bits per heavy atom. The number of alkyl carbamates (subject to hydrolysis) is 1. The first-order valence-corrected chi connectivity index (χ1v) is 10.0. The van der Waals surface area contributed by atoms with E-state index in [1.807, 2.05) is 52.8 Å². The van der Waals surface area contributed by atoms with E-state index in [0.29, 0.717) is 25.7 Å². The van der Waals surface area contributed by atoms with Crippen molar-refractivity contribution >= 4 is 17.7 Å². The molecule has 0 saturated carbocycles. The summed E-state index contributed by atoms with van der Waals surface area (Å²) in [7, 11) is 1.70. The third-order valence-corrected chi connectivity index (χ3v) is 4.23. The molecule has 0 radical (unpaired) electrons. The van der Waals surface area contributed by atoms with Crippen molar-refractivity contribution in [3.8, 4) is 11.5 Å². The summed E-state index contributed by atoms with van der Waals surface area (Å²) >= 11 is 0. The van der Waals surface area contributed by atoms with Crippen LogP contribution >= 0.6 is 0 Å². The minimum absolute atomic E-state index is 0.118. The molecule has 1 aromatic carbocycles. The van der Waals surface area contributed by atoms with Crippen LogP contribution in [0, 0.1) is 5.92 Å². The Labute approximate surface area is 173 Å². The minimum atomic E-state index is -0.534. The number of hydrogen-bond donors (Lipinski definition) is 3. The Morgan fingerprint density at radius 3 is 2.52 bits per heavy atom. The maximum atomic E-state index is 12.1. The van der Waals surface area contributed by atoms with Crippen LogP contribution in [0.4, 0.5) is 10.5 Å². The van der Waals surface area contributed by atoms with Gasteiger partial charge in [0.05, 0.1) is 19.3 Å². The Morgan fingerprint density at radius 1 is 1.21 bits per heavy atom. The van der Waals surface area contributed by atoms with E-state index >= 15 is 0 Å². The van der Waals surface area contributed by atoms with Gasteiger partial charge in [0.25, 0.3) is 0 Å². The Hall–Kier alpha value is -2.64. The number of hydrogen-bond acceptors (Lipinski definition) is 5. The molecule has 2 rings (SSSR count). The van der Waals surface area contributed by atoms with E-state index in [9.17, 15) is 4.79 Å². The number of benzene rings is 1. The van der Waals surface area contributed by atoms with Crippen molar-refractivity contribution in [2.24, 2.45) is 10.9 Å². The van der Waals surface area contributed by atoms with Crippen molar-refractivity contribution < 1.29 is 19.0 Å². The molecule has 0 spiro atoms. The number of aliphatic imine (C=N–C) groups is 1. The molecule has 0 aromatic heterocycles. The molecule has 0 fully saturated rings. The van der Waals surface area contributed by atoms with E-state index in [1.165, 1.54) is 0 Å². The summed E-state index contributed by atoms with van der Waals surface area (Å²) in [6.07, 6.45) is 0.436. The number of ether oxygens (including phenoxy) is 3. The number of nitrogens with one attached hydrogen (secondary N) is 3. The highest BCUT2D eigenvalue weighted by Crippen LogP contribution is 2.32. The van der Waals surface area contributed by atoms with Gasteiger partial charge in [0.1, 0.15) is 5.60 Å². The minimum Gasteiger partial charge on any atom is -0.490 e. The first kappa shape index (κ1) is 22.6. The maximum absolute atomic E-state index is 12.1. The van der Waals surface area contributed by atoms with Crippen LogP contribution in [0.3, 0.4) is 0 Å². The molecule has 1 heterocycles. The van der Waals surface area contributed by atoms with Gasteiger partial charge in [-0.05, 0) is 38.8 Å². The van der Waals surface area contributed by atoms with E-state index in [-0.39, 0.29) is 12.0 Å². The fourth-order valence-corrected chi connectivity index (χ4v) is 2.68. The van der Waals surface area contributed by atoms with Gasteiger partial charge in [-0.15, -0.1) is 0 Å². The van der Waals surface area contributed by atoms with Crippen molar-refractivity contribution in [1.82, 2.24) is 10.6 Å². The van der Waals surface area contributed by atoms with Crippen molar-refractivity contribution in [1.29, 1.82) is 0 Å². The largest absolute Gasteiger partial charge is 0.490 e. The predicted octanol–water partition coefficient (Wildman–Crippen LogP) is 3.38. The Kier molecular flexibility index (Phi) is 7.99. The molecule has 1 unspecified atom stereocenters. The lowest BCUT2D eigenvalue weighted by atomic mass is 10.0. The zero-order valence-electron chi connectivity index (χ0n) is 18.3. The van der Waals surface area contributed by atoms with Crippen LogP contribution in [0.15, 0.2) is 23.2 Å². The molecule has 1 aliphatic rings. The van der Waals surface area contributed by atoms with Gasteiger partial charge in [-0.2, -0.15) is 0 Å². The van der Waals surface area contributed by atoms with E-state index in [4.69, 9.17) is 14.2 Å². The van der Waals surface area contributed by atoms with Gasteiger partial charge in [-0.1, -0.05) is 13.8 Å². The molecule has 3 N–H and O–H groups in total. The van der Waals surface area contributed by atoms with Gasteiger partial charge < -0.3 is 30.2 Å². The number of fused-ring (bicyclic) bond motifs is 1. The summed E-state index contributed by atoms with van der Waals surface area (Å²) in [6.45, 7) is 11.4. The summed E-state index contributed by atoms with van der Waals surface area (Å²) in [5.74, 6) is 2.27. The number of guanidine groups is 1. The highest BCUT2D eigenvalue weighted by atomic mass is 16.6. The molecular weight excluding hydrogens is 372 g/mol. The molecule has 8 heteroatoms. The summed E-state index contributed by atoms with van der Waals surface area (Å²) in [5, 5.41) is 9.42. The molecule has 0 aliphatic carbocycles. The molecule has 0 saturated heterocycles. The molecule has 162 valence electrons. The number of nitrogens with zero attached hydrogens (tertiary/aromatic N) is 1. The van der Waals surface area contributed by atoms with Crippen molar-refractivity contribution in [3.63, 3.8) is 0 Å². The zero-order valence-corrected chi connectivity index (χ0v) is 18.3. The van der Waals surface area contributed by atoms with Crippen molar-refractivity contribution in [2.45, 2.75) is 52.7 Å². The van der Waals surface area contributed by atoms with E-state index < -0.39 is 11.7 Å². The summed E-state index contributed by atoms with van der Waals surface area (Å²) in [4.78, 5) is 16.4. The maximum Gasteiger partial charge on any atom is 0.407 e. The second kappa shape index (κ2) is 10.2. The normalized spacial score (nSPS) is 15.3. The van der Waals surface area contributed by atoms with Crippen LogP contribution in [0.1, 0.15) is 41.0 Å². The number of amides is 1. The molecule has 1 amide bonds. The van der Waals surface area contributed by atoms with E-state index in [0.717, 1.165) is 23.6 Å². The molecule has 1 aromatic rings. The molecule has 0 bridgehead atoms. The van der Waals surface area contributed by atoms with Crippen LogP contribution in [0.5, 0.6) is 11.5 Å². The number of carbonyl (C=O) groups is 1. The fourth-order valence-electron chi connectivity index (χ4n) is 2.68. The van der Waals surface area contributed by atoms with Crippen LogP contribution in [-0.2, 0) is 4.74 Å². The first-order chi connectivity index (χ1) is 13.7. The highest BCUT2D eigenvalue weighted by Gasteiger charge is 2.21. The molecule has 29 heavy (non-hydrogen) atoms. The second-order valence-corrected chi connectivity index (χ2v) is 8.29. The van der Waals surface area contributed by atoms with Crippen molar-refractivity contribution in [3.05, 3.63) is 18.2 Å². The quantitative estimate of drug-likeness (QED) is 0.513. The SMILES string of the molecule is CN=C(NCC(NC(=O)OC(C)(C)C)C(C)C)Nc1ccc2c(c1)OCCCO2. The number of rotatable bonds is 5. The first-order valence-electron chi connectivity index (χ1n) is 10.0. The molecule has 1 atom stereocenters. The molecule has 8 nitrogen and oxygen atoms in total. The van der Waals surface area contributed by atoms with Crippen LogP contribution in [-0.4, -0.2) is 50.5 Å². The van der Waals surface area contributed by atoms with Gasteiger partial charge in [0.2, 0.25) is 0 Å². The van der Waals surface area contributed by atoms with Crippen LogP contribution in [0.2, 0.25) is 0 Å². The molecular formula is C21H34N4O4. The van der Waals surface area contributed by atoms with Crippen LogP contribution < -0.4 is 25.4 Å². The van der Waals surface area contributed by atoms with E-state index in [1.54, 1.807) is 7.05 Å². The number of anilines is 1.